The molecule has 1 N–H and O–H groups in total. The minimum Gasteiger partial charge on any atom is -0.480 e. The molecule has 0 spiro atoms. The molecule has 1 aromatic heterocycles. The monoisotopic (exact) mass is 260 g/mol. The number of aliphatic carboxylic acids is 1. The van der Waals surface area contributed by atoms with Gasteiger partial charge in [-0.1, -0.05) is 6.07 Å². The number of aromatic nitrogens is 1. The molecule has 19 heavy (non-hydrogen) atoms. The van der Waals surface area contributed by atoms with E-state index >= 15 is 0 Å². The van der Waals surface area contributed by atoms with Gasteiger partial charge in [0, 0.05) is 25.0 Å². The Morgan fingerprint density at radius 2 is 2.26 bits per heavy atom. The second-order valence-electron chi connectivity index (χ2n) is 4.50. The molecule has 0 saturated carbocycles. The summed E-state index contributed by atoms with van der Waals surface area (Å²) < 4.78 is 0. The molecule has 1 aromatic rings. The number of carboxylic acids is 1. The van der Waals surface area contributed by atoms with Gasteiger partial charge in [0.2, 0.25) is 5.91 Å². The van der Waals surface area contributed by atoms with Gasteiger partial charge in [-0.15, -0.1) is 0 Å². The van der Waals surface area contributed by atoms with E-state index in [9.17, 15) is 9.59 Å². The van der Waals surface area contributed by atoms with Crippen LogP contribution in [0.3, 0.4) is 0 Å². The summed E-state index contributed by atoms with van der Waals surface area (Å²) in [6.07, 6.45) is 8.62. The van der Waals surface area contributed by atoms with Crippen molar-refractivity contribution < 1.29 is 14.7 Å². The van der Waals surface area contributed by atoms with E-state index in [0.717, 1.165) is 18.4 Å². The van der Waals surface area contributed by atoms with E-state index in [0.29, 0.717) is 13.0 Å². The van der Waals surface area contributed by atoms with Gasteiger partial charge < -0.3 is 10.0 Å². The lowest BCUT2D eigenvalue weighted by atomic mass is 10.0. The first-order valence-electron chi connectivity index (χ1n) is 6.30. The van der Waals surface area contributed by atoms with Crippen molar-refractivity contribution in [2.45, 2.75) is 25.3 Å². The number of piperidine rings is 1. The molecular formula is C14H16N2O3. The molecule has 1 amide bonds. The molecule has 2 heterocycles. The van der Waals surface area contributed by atoms with Crippen molar-refractivity contribution >= 4 is 18.0 Å². The molecule has 0 radical (unpaired) electrons. The molecule has 0 aromatic carbocycles. The Morgan fingerprint density at radius 3 is 2.95 bits per heavy atom. The lowest BCUT2D eigenvalue weighted by Gasteiger charge is -2.32. The van der Waals surface area contributed by atoms with Crippen LogP contribution in [0.25, 0.3) is 6.08 Å². The van der Waals surface area contributed by atoms with Gasteiger partial charge in [-0.2, -0.15) is 0 Å². The average molecular weight is 260 g/mol. The highest BCUT2D eigenvalue weighted by Gasteiger charge is 2.30. The first-order valence-corrected chi connectivity index (χ1v) is 6.30. The zero-order valence-corrected chi connectivity index (χ0v) is 10.5. The summed E-state index contributed by atoms with van der Waals surface area (Å²) in [6, 6.07) is 2.92. The van der Waals surface area contributed by atoms with Gasteiger partial charge in [-0.3, -0.25) is 9.78 Å². The van der Waals surface area contributed by atoms with E-state index in [2.05, 4.69) is 4.98 Å². The van der Waals surface area contributed by atoms with Crippen molar-refractivity contribution in [2.24, 2.45) is 0 Å². The van der Waals surface area contributed by atoms with Gasteiger partial charge in [0.1, 0.15) is 6.04 Å². The fourth-order valence-corrected chi connectivity index (χ4v) is 2.19. The molecule has 1 fully saturated rings. The highest BCUT2D eigenvalue weighted by molar-refractivity contribution is 5.94. The normalized spacial score (nSPS) is 19.6. The Hall–Kier alpha value is -2.17. The third kappa shape index (κ3) is 3.40. The third-order valence-corrected chi connectivity index (χ3v) is 3.17. The Bertz CT molecular complexity index is 485. The molecule has 100 valence electrons. The molecular weight excluding hydrogens is 244 g/mol. The minimum atomic E-state index is -0.928. The van der Waals surface area contributed by atoms with E-state index in [-0.39, 0.29) is 5.91 Å². The van der Waals surface area contributed by atoms with E-state index in [1.165, 1.54) is 11.0 Å². The fraction of sp³-hybridized carbons (Fsp3) is 0.357. The minimum absolute atomic E-state index is 0.254. The van der Waals surface area contributed by atoms with Crippen LogP contribution in [0.15, 0.2) is 30.6 Å². The summed E-state index contributed by atoms with van der Waals surface area (Å²) in [4.78, 5) is 28.5. The summed E-state index contributed by atoms with van der Waals surface area (Å²) in [5.41, 5.74) is 0.819. The number of pyridine rings is 1. The van der Waals surface area contributed by atoms with Crippen LogP contribution < -0.4 is 0 Å². The van der Waals surface area contributed by atoms with Crippen LogP contribution in [0.2, 0.25) is 0 Å². The first kappa shape index (κ1) is 13.3. The zero-order chi connectivity index (χ0) is 13.7. The average Bonchev–Trinajstić information content (AvgIpc) is 2.46. The Kier molecular flexibility index (Phi) is 4.28. The van der Waals surface area contributed by atoms with Gasteiger partial charge in [-0.05, 0) is 37.0 Å². The molecule has 1 saturated heterocycles. The number of carboxylic acid groups (broad SMARTS) is 1. The topological polar surface area (TPSA) is 70.5 Å². The maximum Gasteiger partial charge on any atom is 0.326 e. The largest absolute Gasteiger partial charge is 0.480 e. The Labute approximate surface area is 111 Å². The quantitative estimate of drug-likeness (QED) is 0.837. The summed E-state index contributed by atoms with van der Waals surface area (Å²) >= 11 is 0. The van der Waals surface area contributed by atoms with Crippen LogP contribution >= 0.6 is 0 Å². The summed E-state index contributed by atoms with van der Waals surface area (Å²) in [7, 11) is 0. The second kappa shape index (κ2) is 6.13. The summed E-state index contributed by atoms with van der Waals surface area (Å²) in [6.45, 7) is 0.507. The molecule has 2 rings (SSSR count). The van der Waals surface area contributed by atoms with Crippen LogP contribution in [-0.4, -0.2) is 39.5 Å². The predicted molar refractivity (Wildman–Crippen MR) is 70.3 cm³/mol. The van der Waals surface area contributed by atoms with Gasteiger partial charge in [0.25, 0.3) is 0 Å². The van der Waals surface area contributed by atoms with Crippen LogP contribution in [0.4, 0.5) is 0 Å². The number of hydrogen-bond acceptors (Lipinski definition) is 3. The maximum atomic E-state index is 12.0. The highest BCUT2D eigenvalue weighted by atomic mass is 16.4. The zero-order valence-electron chi connectivity index (χ0n) is 10.5. The molecule has 1 atom stereocenters. The summed E-state index contributed by atoms with van der Waals surface area (Å²) in [5, 5.41) is 9.11. The molecule has 0 bridgehead atoms. The molecule has 1 aliphatic rings. The van der Waals surface area contributed by atoms with Crippen LogP contribution in [0.5, 0.6) is 0 Å². The third-order valence-electron chi connectivity index (χ3n) is 3.17. The molecule has 1 aliphatic heterocycles. The lowest BCUT2D eigenvalue weighted by Crippen LogP contribution is -2.47. The fourth-order valence-electron chi connectivity index (χ4n) is 2.19. The number of carbonyl (C=O) groups is 2. The predicted octanol–water partition coefficient (Wildman–Crippen LogP) is 1.56. The maximum absolute atomic E-state index is 12.0. The molecule has 0 aliphatic carbocycles. The van der Waals surface area contributed by atoms with Crippen molar-refractivity contribution in [3.63, 3.8) is 0 Å². The Balaban J connectivity index is 2.06. The smallest absolute Gasteiger partial charge is 0.326 e. The van der Waals surface area contributed by atoms with Crippen LogP contribution in [0.1, 0.15) is 24.8 Å². The number of carbonyl (C=O) groups excluding carboxylic acids is 1. The molecule has 5 heteroatoms. The van der Waals surface area contributed by atoms with Gasteiger partial charge in [0.15, 0.2) is 0 Å². The lowest BCUT2D eigenvalue weighted by molar-refractivity contribution is -0.150. The number of nitrogens with zero attached hydrogens (tertiary/aromatic N) is 2. The standard InChI is InChI=1S/C14H16N2O3/c17-13(7-6-11-4-3-8-15-10-11)16-9-2-1-5-12(16)14(18)19/h3-4,6-8,10,12H,1-2,5,9H2,(H,18,19)/t12-/m1/s1. The van der Waals surface area contributed by atoms with Crippen molar-refractivity contribution in [1.29, 1.82) is 0 Å². The van der Waals surface area contributed by atoms with E-state index in [1.807, 2.05) is 6.07 Å². The first-order chi connectivity index (χ1) is 9.18. The van der Waals surface area contributed by atoms with E-state index < -0.39 is 12.0 Å². The molecule has 5 nitrogen and oxygen atoms in total. The van der Waals surface area contributed by atoms with Gasteiger partial charge >= 0.3 is 5.97 Å². The van der Waals surface area contributed by atoms with Crippen molar-refractivity contribution in [3.8, 4) is 0 Å². The number of amides is 1. The van der Waals surface area contributed by atoms with E-state index in [4.69, 9.17) is 5.11 Å². The summed E-state index contributed by atoms with van der Waals surface area (Å²) in [5.74, 6) is -1.18. The van der Waals surface area contributed by atoms with Crippen molar-refractivity contribution in [3.05, 3.63) is 36.2 Å². The van der Waals surface area contributed by atoms with Gasteiger partial charge in [-0.25, -0.2) is 4.79 Å². The number of likely N-dealkylation sites (tertiary alicyclic amines) is 1. The Morgan fingerprint density at radius 1 is 1.42 bits per heavy atom. The molecule has 0 unspecified atom stereocenters. The van der Waals surface area contributed by atoms with Crippen molar-refractivity contribution in [2.75, 3.05) is 6.54 Å². The second-order valence-corrected chi connectivity index (χ2v) is 4.50. The van der Waals surface area contributed by atoms with E-state index in [1.54, 1.807) is 24.5 Å². The van der Waals surface area contributed by atoms with Crippen LogP contribution in [-0.2, 0) is 9.59 Å². The van der Waals surface area contributed by atoms with Gasteiger partial charge in [0.05, 0.1) is 0 Å². The van der Waals surface area contributed by atoms with Crippen molar-refractivity contribution in [1.82, 2.24) is 9.88 Å². The number of rotatable bonds is 3. The highest BCUT2D eigenvalue weighted by Crippen LogP contribution is 2.17. The SMILES string of the molecule is O=C(O)[C@H]1CCCCN1C(=O)C=Cc1cccnc1. The van der Waals surface area contributed by atoms with Crippen LogP contribution in [0, 0.1) is 0 Å². The number of hydrogen-bond donors (Lipinski definition) is 1.